The number of benzene rings is 3. The third-order valence-corrected chi connectivity index (χ3v) is 5.46. The first-order chi connectivity index (χ1) is 12.8. The molecule has 4 nitrogen and oxygen atoms in total. The van der Waals surface area contributed by atoms with Crippen molar-refractivity contribution < 1.29 is 14.6 Å². The molecule has 0 aliphatic carbocycles. The number of rotatable bonds is 4. The number of amides is 1. The van der Waals surface area contributed by atoms with Gasteiger partial charge >= 0.3 is 0 Å². The topological polar surface area (TPSA) is 58.6 Å². The van der Waals surface area contributed by atoms with E-state index in [-0.39, 0.29) is 11.3 Å². The van der Waals surface area contributed by atoms with E-state index in [0.29, 0.717) is 30.8 Å². The van der Waals surface area contributed by atoms with E-state index in [4.69, 9.17) is 27.9 Å². The normalized spacial score (nSPS) is 10.5. The van der Waals surface area contributed by atoms with Crippen LogP contribution in [-0.2, 0) is 0 Å². The number of nitrogens with one attached hydrogen (secondary N) is 1. The Hall–Kier alpha value is -1.23. The summed E-state index contributed by atoms with van der Waals surface area (Å²) in [6, 6.07) is 15.3. The standard InChI is InChI=1S/C19H11Cl2I2NO3/c20-10-2-1-3-13(6-10)27-17-5-4-12(9-15(17)21)24-19(26)14-7-11(22)8-16(23)18(14)25/h1-9,25H,(H,24,26). The summed E-state index contributed by atoms with van der Waals surface area (Å²) in [7, 11) is 0. The minimum absolute atomic E-state index is 0.0551. The maximum absolute atomic E-state index is 12.5. The first-order valence-electron chi connectivity index (χ1n) is 7.56. The Morgan fingerprint density at radius 3 is 2.52 bits per heavy atom. The Morgan fingerprint density at radius 1 is 1.04 bits per heavy atom. The van der Waals surface area contributed by atoms with E-state index in [2.05, 4.69) is 27.9 Å². The molecular weight excluding hydrogens is 615 g/mol. The Morgan fingerprint density at radius 2 is 1.81 bits per heavy atom. The summed E-state index contributed by atoms with van der Waals surface area (Å²) in [5.41, 5.74) is 0.679. The lowest BCUT2D eigenvalue weighted by Gasteiger charge is -2.11. The van der Waals surface area contributed by atoms with E-state index in [1.54, 1.807) is 54.6 Å². The molecular formula is C19H11Cl2I2NO3. The maximum Gasteiger partial charge on any atom is 0.259 e. The monoisotopic (exact) mass is 625 g/mol. The van der Waals surface area contributed by atoms with Crippen LogP contribution in [0.25, 0.3) is 0 Å². The zero-order valence-corrected chi connectivity index (χ0v) is 19.3. The maximum atomic E-state index is 12.5. The molecule has 0 heterocycles. The molecule has 8 heteroatoms. The van der Waals surface area contributed by atoms with E-state index >= 15 is 0 Å². The number of ether oxygens (including phenoxy) is 1. The average Bonchev–Trinajstić information content (AvgIpc) is 2.60. The molecule has 0 saturated carbocycles. The van der Waals surface area contributed by atoms with Crippen molar-refractivity contribution in [2.45, 2.75) is 0 Å². The van der Waals surface area contributed by atoms with Crippen LogP contribution in [0, 0.1) is 7.14 Å². The summed E-state index contributed by atoms with van der Waals surface area (Å²) in [6.45, 7) is 0. The summed E-state index contributed by atoms with van der Waals surface area (Å²) >= 11 is 16.3. The molecule has 0 aliphatic rings. The van der Waals surface area contributed by atoms with Crippen LogP contribution in [0.3, 0.4) is 0 Å². The predicted molar refractivity (Wildman–Crippen MR) is 124 cm³/mol. The molecule has 3 aromatic carbocycles. The lowest BCUT2D eigenvalue weighted by molar-refractivity contribution is 0.102. The largest absolute Gasteiger partial charge is 0.506 e. The number of carbonyl (C=O) groups is 1. The molecule has 0 aliphatic heterocycles. The highest BCUT2D eigenvalue weighted by atomic mass is 127. The van der Waals surface area contributed by atoms with E-state index in [9.17, 15) is 9.90 Å². The quantitative estimate of drug-likeness (QED) is 0.309. The predicted octanol–water partition coefficient (Wildman–Crippen LogP) is 6.95. The smallest absolute Gasteiger partial charge is 0.259 e. The number of anilines is 1. The van der Waals surface area contributed by atoms with Crippen LogP contribution >= 0.6 is 68.4 Å². The second-order valence-corrected chi connectivity index (χ2v) is 8.69. The zero-order valence-electron chi connectivity index (χ0n) is 13.5. The van der Waals surface area contributed by atoms with E-state index < -0.39 is 5.91 Å². The highest BCUT2D eigenvalue weighted by Gasteiger charge is 2.16. The molecule has 0 aromatic heterocycles. The molecule has 3 rings (SSSR count). The Bertz CT molecular complexity index is 1030. The Labute approximate surface area is 193 Å². The summed E-state index contributed by atoms with van der Waals surface area (Å²) in [5.74, 6) is 0.507. The lowest BCUT2D eigenvalue weighted by atomic mass is 10.2. The molecule has 0 spiro atoms. The molecule has 1 amide bonds. The van der Waals surface area contributed by atoms with Gasteiger partial charge in [-0.3, -0.25) is 4.79 Å². The van der Waals surface area contributed by atoms with Crippen LogP contribution in [0.2, 0.25) is 10.0 Å². The van der Waals surface area contributed by atoms with Gasteiger partial charge in [0.1, 0.15) is 17.2 Å². The van der Waals surface area contributed by atoms with Crippen LogP contribution in [-0.4, -0.2) is 11.0 Å². The van der Waals surface area contributed by atoms with E-state index in [1.807, 2.05) is 22.6 Å². The van der Waals surface area contributed by atoms with Crippen LogP contribution in [0.4, 0.5) is 5.69 Å². The first-order valence-corrected chi connectivity index (χ1v) is 10.5. The van der Waals surface area contributed by atoms with E-state index in [1.165, 1.54) is 0 Å². The minimum Gasteiger partial charge on any atom is -0.506 e. The van der Waals surface area contributed by atoms with Gasteiger partial charge in [-0.15, -0.1) is 0 Å². The molecule has 0 fully saturated rings. The fourth-order valence-electron chi connectivity index (χ4n) is 2.26. The highest BCUT2D eigenvalue weighted by Crippen LogP contribution is 2.33. The van der Waals surface area contributed by atoms with Gasteiger partial charge < -0.3 is 15.2 Å². The number of halogens is 4. The van der Waals surface area contributed by atoms with Gasteiger partial charge in [0.2, 0.25) is 0 Å². The number of hydrogen-bond acceptors (Lipinski definition) is 3. The summed E-state index contributed by atoms with van der Waals surface area (Å²) in [4.78, 5) is 12.5. The van der Waals surface area contributed by atoms with Crippen molar-refractivity contribution in [3.05, 3.63) is 77.3 Å². The van der Waals surface area contributed by atoms with E-state index in [0.717, 1.165) is 3.57 Å². The molecule has 0 bridgehead atoms. The molecule has 2 N–H and O–H groups in total. The third kappa shape index (κ3) is 5.18. The number of phenols is 1. The number of aromatic hydroxyl groups is 1. The van der Waals surface area contributed by atoms with Crippen molar-refractivity contribution in [2.75, 3.05) is 5.32 Å². The highest BCUT2D eigenvalue weighted by molar-refractivity contribution is 14.1. The Balaban J connectivity index is 1.79. The van der Waals surface area contributed by atoms with Gasteiger partial charge in [-0.05, 0) is 93.7 Å². The van der Waals surface area contributed by atoms with Gasteiger partial charge in [0, 0.05) is 14.3 Å². The van der Waals surface area contributed by atoms with Crippen LogP contribution in [0.5, 0.6) is 17.2 Å². The Kier molecular flexibility index (Phi) is 6.72. The molecule has 0 atom stereocenters. The van der Waals surface area contributed by atoms with Crippen molar-refractivity contribution in [3.63, 3.8) is 0 Å². The van der Waals surface area contributed by atoms with Crippen molar-refractivity contribution in [1.82, 2.24) is 0 Å². The molecule has 27 heavy (non-hydrogen) atoms. The summed E-state index contributed by atoms with van der Waals surface area (Å²) in [6.07, 6.45) is 0. The SMILES string of the molecule is O=C(Nc1ccc(Oc2cccc(Cl)c2)c(Cl)c1)c1cc(I)cc(I)c1O. The number of carbonyl (C=O) groups excluding carboxylic acids is 1. The number of phenolic OH excluding ortho intramolecular Hbond substituents is 1. The van der Waals surface area contributed by atoms with Gasteiger partial charge in [0.15, 0.2) is 0 Å². The van der Waals surface area contributed by atoms with Crippen molar-refractivity contribution in [3.8, 4) is 17.2 Å². The second kappa shape index (κ2) is 8.85. The summed E-state index contributed by atoms with van der Waals surface area (Å²) < 4.78 is 7.17. The fraction of sp³-hybridized carbons (Fsp3) is 0. The zero-order chi connectivity index (χ0) is 19.6. The van der Waals surface area contributed by atoms with Crippen molar-refractivity contribution in [2.24, 2.45) is 0 Å². The second-order valence-electron chi connectivity index (χ2n) is 5.44. The minimum atomic E-state index is -0.427. The fourth-order valence-corrected chi connectivity index (χ4v) is 4.50. The lowest BCUT2D eigenvalue weighted by Crippen LogP contribution is -2.12. The van der Waals surface area contributed by atoms with Crippen LogP contribution < -0.4 is 10.1 Å². The van der Waals surface area contributed by atoms with Gasteiger partial charge in [0.25, 0.3) is 5.91 Å². The molecule has 3 aromatic rings. The first kappa shape index (κ1) is 20.5. The van der Waals surface area contributed by atoms with Gasteiger partial charge in [-0.2, -0.15) is 0 Å². The third-order valence-electron chi connectivity index (χ3n) is 3.49. The van der Waals surface area contributed by atoms with Crippen molar-refractivity contribution >= 4 is 80.0 Å². The van der Waals surface area contributed by atoms with Crippen LogP contribution in [0.1, 0.15) is 10.4 Å². The van der Waals surface area contributed by atoms with Crippen molar-refractivity contribution in [1.29, 1.82) is 0 Å². The van der Waals surface area contributed by atoms with Gasteiger partial charge in [-0.1, -0.05) is 29.3 Å². The molecule has 0 saturated heterocycles. The van der Waals surface area contributed by atoms with Crippen LogP contribution in [0.15, 0.2) is 54.6 Å². The molecule has 0 radical (unpaired) electrons. The number of hydrogen-bond donors (Lipinski definition) is 2. The average molecular weight is 626 g/mol. The van der Waals surface area contributed by atoms with Gasteiger partial charge in [-0.25, -0.2) is 0 Å². The summed E-state index contributed by atoms with van der Waals surface area (Å²) in [5, 5.41) is 13.7. The van der Waals surface area contributed by atoms with Gasteiger partial charge in [0.05, 0.1) is 14.2 Å². The molecule has 138 valence electrons. The molecule has 0 unspecified atom stereocenters.